The van der Waals surface area contributed by atoms with Crippen molar-refractivity contribution < 1.29 is 9.53 Å². The molecule has 1 aliphatic rings. The van der Waals surface area contributed by atoms with Gasteiger partial charge in [0.1, 0.15) is 5.54 Å². The van der Waals surface area contributed by atoms with Crippen LogP contribution < -0.4 is 11.1 Å². The molecule has 1 aliphatic heterocycles. The first-order chi connectivity index (χ1) is 6.57. The first-order valence-corrected chi connectivity index (χ1v) is 5.19. The zero-order valence-electron chi connectivity index (χ0n) is 9.01. The molecule has 1 saturated heterocycles. The van der Waals surface area contributed by atoms with Crippen LogP contribution >= 0.6 is 0 Å². The van der Waals surface area contributed by atoms with Gasteiger partial charge in [0.25, 0.3) is 0 Å². The van der Waals surface area contributed by atoms with Crippen molar-refractivity contribution in [2.75, 3.05) is 19.8 Å². The lowest BCUT2D eigenvalue weighted by molar-refractivity contribution is -0.128. The van der Waals surface area contributed by atoms with E-state index in [1.807, 2.05) is 0 Å². The summed E-state index contributed by atoms with van der Waals surface area (Å²) in [4.78, 5) is 11.4. The summed E-state index contributed by atoms with van der Waals surface area (Å²) in [7, 11) is 0. The largest absolute Gasteiger partial charge is 0.381 e. The van der Waals surface area contributed by atoms with Crippen molar-refractivity contribution in [1.29, 1.82) is 0 Å². The van der Waals surface area contributed by atoms with E-state index in [-0.39, 0.29) is 5.91 Å². The van der Waals surface area contributed by atoms with Crippen molar-refractivity contribution in [2.45, 2.75) is 32.2 Å². The minimum absolute atomic E-state index is 0.249. The zero-order chi connectivity index (χ0) is 10.6. The van der Waals surface area contributed by atoms with E-state index >= 15 is 0 Å². The van der Waals surface area contributed by atoms with E-state index in [1.165, 1.54) is 0 Å². The third-order valence-electron chi connectivity index (χ3n) is 2.67. The van der Waals surface area contributed by atoms with Crippen molar-refractivity contribution in [2.24, 2.45) is 11.7 Å². The molecular formula is C10H20N2O2. The van der Waals surface area contributed by atoms with E-state index in [0.717, 1.165) is 6.54 Å². The van der Waals surface area contributed by atoms with Gasteiger partial charge in [0.05, 0.1) is 0 Å². The average molecular weight is 200 g/mol. The fraction of sp³-hybridized carbons (Fsp3) is 0.900. The first kappa shape index (κ1) is 11.5. The van der Waals surface area contributed by atoms with Gasteiger partial charge >= 0.3 is 0 Å². The molecule has 0 radical (unpaired) electrons. The summed E-state index contributed by atoms with van der Waals surface area (Å²) in [5.41, 5.74) is 4.91. The van der Waals surface area contributed by atoms with Crippen LogP contribution in [0, 0.1) is 5.92 Å². The molecule has 82 valence electrons. The van der Waals surface area contributed by atoms with Crippen molar-refractivity contribution in [1.82, 2.24) is 5.32 Å². The highest BCUT2D eigenvalue weighted by Gasteiger charge is 2.37. The fourth-order valence-corrected chi connectivity index (χ4v) is 1.63. The number of amides is 1. The lowest BCUT2D eigenvalue weighted by Gasteiger charge is -2.35. The first-order valence-electron chi connectivity index (χ1n) is 5.19. The monoisotopic (exact) mass is 200 g/mol. The summed E-state index contributed by atoms with van der Waals surface area (Å²) < 4.78 is 5.23. The Labute approximate surface area is 85.2 Å². The Bertz CT molecular complexity index is 198. The van der Waals surface area contributed by atoms with Gasteiger partial charge in [-0.2, -0.15) is 0 Å². The number of ether oxygens (including phenoxy) is 1. The van der Waals surface area contributed by atoms with E-state index in [4.69, 9.17) is 10.5 Å². The van der Waals surface area contributed by atoms with Crippen LogP contribution in [-0.2, 0) is 9.53 Å². The number of hydrogen-bond acceptors (Lipinski definition) is 3. The Morgan fingerprint density at radius 1 is 1.50 bits per heavy atom. The minimum Gasteiger partial charge on any atom is -0.381 e. The van der Waals surface area contributed by atoms with Gasteiger partial charge in [0, 0.05) is 13.2 Å². The molecule has 4 nitrogen and oxygen atoms in total. The van der Waals surface area contributed by atoms with Gasteiger partial charge in [-0.15, -0.1) is 0 Å². The maximum Gasteiger partial charge on any atom is 0.237 e. The highest BCUT2D eigenvalue weighted by atomic mass is 16.5. The van der Waals surface area contributed by atoms with Crippen LogP contribution in [0.5, 0.6) is 0 Å². The molecule has 1 heterocycles. The molecule has 4 heteroatoms. The van der Waals surface area contributed by atoms with Gasteiger partial charge in [-0.1, -0.05) is 13.8 Å². The fourth-order valence-electron chi connectivity index (χ4n) is 1.63. The molecule has 3 N–H and O–H groups in total. The van der Waals surface area contributed by atoms with Gasteiger partial charge in [0.15, 0.2) is 0 Å². The van der Waals surface area contributed by atoms with Crippen LogP contribution in [0.3, 0.4) is 0 Å². The number of carbonyl (C=O) groups excluding carboxylic acids is 1. The summed E-state index contributed by atoms with van der Waals surface area (Å²) >= 11 is 0. The molecule has 0 bridgehead atoms. The predicted molar refractivity (Wildman–Crippen MR) is 54.8 cm³/mol. The lowest BCUT2D eigenvalue weighted by atomic mass is 9.89. The van der Waals surface area contributed by atoms with Crippen molar-refractivity contribution >= 4 is 5.91 Å². The van der Waals surface area contributed by atoms with Crippen LogP contribution in [0.15, 0.2) is 0 Å². The number of nitrogens with two attached hydrogens (primary N) is 1. The smallest absolute Gasteiger partial charge is 0.237 e. The Kier molecular flexibility index (Phi) is 3.89. The maximum atomic E-state index is 11.4. The van der Waals surface area contributed by atoms with Crippen molar-refractivity contribution in [3.8, 4) is 0 Å². The standard InChI is InChI=1S/C10H20N2O2/c1-8(2)7-12-10(9(11)13)3-5-14-6-4-10/h8,12H,3-7H2,1-2H3,(H2,11,13). The van der Waals surface area contributed by atoms with Crippen LogP contribution in [0.2, 0.25) is 0 Å². The Balaban J connectivity index is 2.56. The van der Waals surface area contributed by atoms with Crippen LogP contribution in [-0.4, -0.2) is 31.2 Å². The number of hydrogen-bond donors (Lipinski definition) is 2. The van der Waals surface area contributed by atoms with Crippen molar-refractivity contribution in [3.63, 3.8) is 0 Å². The SMILES string of the molecule is CC(C)CNC1(C(N)=O)CCOCC1. The second kappa shape index (κ2) is 4.75. The number of nitrogens with one attached hydrogen (secondary N) is 1. The van der Waals surface area contributed by atoms with Crippen LogP contribution in [0.25, 0.3) is 0 Å². The van der Waals surface area contributed by atoms with Gasteiger partial charge in [-0.3, -0.25) is 4.79 Å². The summed E-state index contributed by atoms with van der Waals surface area (Å²) in [6.07, 6.45) is 1.38. The van der Waals surface area contributed by atoms with Gasteiger partial charge in [-0.05, 0) is 25.3 Å². The van der Waals surface area contributed by atoms with Gasteiger partial charge in [0.2, 0.25) is 5.91 Å². The van der Waals surface area contributed by atoms with E-state index in [1.54, 1.807) is 0 Å². The molecule has 0 unspecified atom stereocenters. The third-order valence-corrected chi connectivity index (χ3v) is 2.67. The Morgan fingerprint density at radius 3 is 2.50 bits per heavy atom. The molecular weight excluding hydrogens is 180 g/mol. The van der Waals surface area contributed by atoms with Gasteiger partial charge in [-0.25, -0.2) is 0 Å². The van der Waals surface area contributed by atoms with Gasteiger partial charge < -0.3 is 15.8 Å². The second-order valence-electron chi connectivity index (χ2n) is 4.33. The molecule has 14 heavy (non-hydrogen) atoms. The van der Waals surface area contributed by atoms with E-state index in [2.05, 4.69) is 19.2 Å². The molecule has 1 fully saturated rings. The predicted octanol–water partition coefficient (Wildman–Crippen LogP) is 0.267. The van der Waals surface area contributed by atoms with E-state index < -0.39 is 5.54 Å². The number of carbonyl (C=O) groups is 1. The van der Waals surface area contributed by atoms with Crippen LogP contribution in [0.1, 0.15) is 26.7 Å². The van der Waals surface area contributed by atoms with Crippen LogP contribution in [0.4, 0.5) is 0 Å². The van der Waals surface area contributed by atoms with Crippen molar-refractivity contribution in [3.05, 3.63) is 0 Å². The quantitative estimate of drug-likeness (QED) is 0.684. The topological polar surface area (TPSA) is 64.3 Å². The highest BCUT2D eigenvalue weighted by Crippen LogP contribution is 2.20. The Morgan fingerprint density at radius 2 is 2.07 bits per heavy atom. The molecule has 0 aromatic heterocycles. The van der Waals surface area contributed by atoms with E-state index in [9.17, 15) is 4.79 Å². The molecule has 0 aromatic carbocycles. The Hall–Kier alpha value is -0.610. The molecule has 1 rings (SSSR count). The highest BCUT2D eigenvalue weighted by molar-refractivity contribution is 5.84. The molecule has 0 aliphatic carbocycles. The molecule has 0 spiro atoms. The third kappa shape index (κ3) is 2.69. The number of rotatable bonds is 4. The second-order valence-corrected chi connectivity index (χ2v) is 4.33. The molecule has 0 saturated carbocycles. The molecule has 0 atom stereocenters. The minimum atomic E-state index is -0.525. The van der Waals surface area contributed by atoms with E-state index in [0.29, 0.717) is 32.0 Å². The summed E-state index contributed by atoms with van der Waals surface area (Å²) in [6, 6.07) is 0. The average Bonchev–Trinajstić information content (AvgIpc) is 2.16. The summed E-state index contributed by atoms with van der Waals surface area (Å²) in [5, 5.41) is 3.28. The summed E-state index contributed by atoms with van der Waals surface area (Å²) in [5.74, 6) is 0.274. The zero-order valence-corrected chi connectivity index (χ0v) is 9.01. The number of primary amides is 1. The molecule has 0 aromatic rings. The normalized spacial score (nSPS) is 21.1. The maximum absolute atomic E-state index is 11.4. The summed E-state index contributed by atoms with van der Waals surface area (Å²) in [6.45, 7) is 6.28. The lowest BCUT2D eigenvalue weighted by Crippen LogP contribution is -2.59. The molecule has 1 amide bonds.